The number of amides is 3. The molecule has 3 rings (SSSR count). The number of carbonyl (C=O) groups excluding carboxylic acids is 2. The van der Waals surface area contributed by atoms with Gasteiger partial charge in [0.1, 0.15) is 12.3 Å². The molecule has 0 radical (unpaired) electrons. The molecule has 7 nitrogen and oxygen atoms in total. The van der Waals surface area contributed by atoms with Crippen LogP contribution in [-0.4, -0.2) is 61.5 Å². The summed E-state index contributed by atoms with van der Waals surface area (Å²) < 4.78 is 12.0. The maximum absolute atomic E-state index is 12.6. The van der Waals surface area contributed by atoms with E-state index < -0.39 is 6.10 Å². The molecule has 0 aromatic heterocycles. The highest BCUT2D eigenvalue weighted by Gasteiger charge is 2.27. The molecule has 1 aliphatic heterocycles. The Bertz CT molecular complexity index is 743. The van der Waals surface area contributed by atoms with E-state index in [1.807, 2.05) is 18.7 Å². The van der Waals surface area contributed by atoms with Crippen molar-refractivity contribution in [3.05, 3.63) is 35.9 Å². The van der Waals surface area contributed by atoms with Gasteiger partial charge in [-0.05, 0) is 70.8 Å². The average Bonchev–Trinajstić information content (AvgIpc) is 2.83. The molecule has 7 heteroatoms. The number of rotatable bonds is 9. The van der Waals surface area contributed by atoms with Gasteiger partial charge in [0.15, 0.2) is 0 Å². The molecule has 1 aromatic carbocycles. The molecule has 1 heterocycles. The monoisotopic (exact) mass is 461 g/mol. The molecule has 1 aliphatic carbocycles. The summed E-state index contributed by atoms with van der Waals surface area (Å²) in [6, 6.07) is 10.7. The predicted molar refractivity (Wildman–Crippen MR) is 131 cm³/mol. The number of nitrogens with zero attached hydrogens (tertiary/aromatic N) is 1. The summed E-state index contributed by atoms with van der Waals surface area (Å²) in [4.78, 5) is 26.5. The molecule has 33 heavy (non-hydrogen) atoms. The van der Waals surface area contributed by atoms with Crippen molar-refractivity contribution in [3.63, 3.8) is 0 Å². The summed E-state index contributed by atoms with van der Waals surface area (Å²) in [6.45, 7) is 8.14. The van der Waals surface area contributed by atoms with E-state index in [4.69, 9.17) is 9.47 Å². The first-order valence-electron chi connectivity index (χ1n) is 12.6. The second kappa shape index (κ2) is 12.9. The Kier molecular flexibility index (Phi) is 10.0. The molecular formula is C26H43N3O4. The number of ether oxygens (including phenoxy) is 2. The van der Waals surface area contributed by atoms with Crippen LogP contribution in [0.4, 0.5) is 4.79 Å². The van der Waals surface area contributed by atoms with Crippen molar-refractivity contribution >= 4 is 11.9 Å². The van der Waals surface area contributed by atoms with Crippen LogP contribution < -0.4 is 10.6 Å². The van der Waals surface area contributed by atoms with Crippen molar-refractivity contribution in [2.24, 2.45) is 5.92 Å². The van der Waals surface area contributed by atoms with Crippen LogP contribution in [0, 0.1) is 5.92 Å². The maximum Gasteiger partial charge on any atom is 0.317 e. The summed E-state index contributed by atoms with van der Waals surface area (Å²) in [5.74, 6) is 0.704. The Morgan fingerprint density at radius 1 is 1.12 bits per heavy atom. The Balaban J connectivity index is 0.00000408. The van der Waals surface area contributed by atoms with E-state index in [-0.39, 0.29) is 31.6 Å². The van der Waals surface area contributed by atoms with E-state index >= 15 is 0 Å². The van der Waals surface area contributed by atoms with Gasteiger partial charge in [-0.2, -0.15) is 0 Å². The molecule has 1 saturated heterocycles. The molecule has 186 valence electrons. The van der Waals surface area contributed by atoms with E-state index in [0.29, 0.717) is 25.6 Å². The number of piperidine rings is 1. The summed E-state index contributed by atoms with van der Waals surface area (Å²) in [5, 5.41) is 5.79. The van der Waals surface area contributed by atoms with Crippen molar-refractivity contribution in [2.75, 3.05) is 26.2 Å². The SMILES string of the molecule is CCNC(=O)N1CCCC(COC(C)C(=O)NC(C)OC2CCC(c3ccccc3)CC2)C1.[HH]. The van der Waals surface area contributed by atoms with E-state index in [9.17, 15) is 9.59 Å². The Morgan fingerprint density at radius 3 is 2.55 bits per heavy atom. The van der Waals surface area contributed by atoms with Crippen LogP contribution in [0.2, 0.25) is 0 Å². The van der Waals surface area contributed by atoms with E-state index in [2.05, 4.69) is 41.0 Å². The van der Waals surface area contributed by atoms with Crippen molar-refractivity contribution in [2.45, 2.75) is 83.6 Å². The first-order chi connectivity index (χ1) is 16.0. The normalized spacial score (nSPS) is 25.2. The minimum absolute atomic E-state index is 0. The largest absolute Gasteiger partial charge is 0.368 e. The van der Waals surface area contributed by atoms with Crippen LogP contribution in [0.1, 0.15) is 72.2 Å². The number of carbonyl (C=O) groups is 2. The molecule has 3 amide bonds. The van der Waals surface area contributed by atoms with Gasteiger partial charge in [-0.25, -0.2) is 4.79 Å². The number of hydrogen-bond acceptors (Lipinski definition) is 4. The lowest BCUT2D eigenvalue weighted by atomic mass is 9.83. The number of benzene rings is 1. The molecule has 3 unspecified atom stereocenters. The van der Waals surface area contributed by atoms with Gasteiger partial charge in [-0.1, -0.05) is 30.3 Å². The summed E-state index contributed by atoms with van der Waals surface area (Å²) in [6.07, 6.45) is 5.50. The third-order valence-electron chi connectivity index (χ3n) is 6.77. The number of hydrogen-bond donors (Lipinski definition) is 2. The van der Waals surface area contributed by atoms with Gasteiger partial charge >= 0.3 is 6.03 Å². The minimum Gasteiger partial charge on any atom is -0.368 e. The topological polar surface area (TPSA) is 79.9 Å². The average molecular weight is 462 g/mol. The summed E-state index contributed by atoms with van der Waals surface area (Å²) in [7, 11) is 0. The lowest BCUT2D eigenvalue weighted by molar-refractivity contribution is -0.139. The summed E-state index contributed by atoms with van der Waals surface area (Å²) in [5.41, 5.74) is 1.41. The van der Waals surface area contributed by atoms with Gasteiger partial charge in [0.25, 0.3) is 5.91 Å². The second-order valence-electron chi connectivity index (χ2n) is 9.44. The molecule has 1 saturated carbocycles. The van der Waals surface area contributed by atoms with E-state index in [0.717, 1.165) is 45.1 Å². The zero-order valence-electron chi connectivity index (χ0n) is 20.4. The fourth-order valence-corrected chi connectivity index (χ4v) is 4.90. The lowest BCUT2D eigenvalue weighted by Crippen LogP contribution is -2.47. The van der Waals surface area contributed by atoms with Crippen molar-refractivity contribution < 1.29 is 20.5 Å². The van der Waals surface area contributed by atoms with Gasteiger partial charge in [-0.15, -0.1) is 0 Å². The highest BCUT2D eigenvalue weighted by Crippen LogP contribution is 2.34. The molecule has 2 fully saturated rings. The first kappa shape index (κ1) is 25.5. The maximum atomic E-state index is 12.6. The third-order valence-corrected chi connectivity index (χ3v) is 6.77. The molecule has 2 N–H and O–H groups in total. The number of likely N-dealkylation sites (tertiary alicyclic amines) is 1. The lowest BCUT2D eigenvalue weighted by Gasteiger charge is -2.33. The van der Waals surface area contributed by atoms with Crippen LogP contribution in [-0.2, 0) is 14.3 Å². The number of urea groups is 1. The molecular weight excluding hydrogens is 418 g/mol. The minimum atomic E-state index is -0.551. The first-order valence-corrected chi connectivity index (χ1v) is 12.6. The van der Waals surface area contributed by atoms with Gasteiger partial charge in [-0.3, -0.25) is 4.79 Å². The smallest absolute Gasteiger partial charge is 0.317 e. The fourth-order valence-electron chi connectivity index (χ4n) is 4.90. The molecule has 0 spiro atoms. The molecule has 3 atom stereocenters. The number of nitrogens with one attached hydrogen (secondary N) is 2. The third kappa shape index (κ3) is 8.00. The highest BCUT2D eigenvalue weighted by molar-refractivity contribution is 5.80. The molecule has 0 bridgehead atoms. The van der Waals surface area contributed by atoms with Gasteiger partial charge < -0.3 is 25.0 Å². The fraction of sp³-hybridized carbons (Fsp3) is 0.692. The van der Waals surface area contributed by atoms with Gasteiger partial charge in [0, 0.05) is 27.0 Å². The highest BCUT2D eigenvalue weighted by atomic mass is 16.5. The second-order valence-corrected chi connectivity index (χ2v) is 9.44. The van der Waals surface area contributed by atoms with Crippen LogP contribution in [0.3, 0.4) is 0 Å². The van der Waals surface area contributed by atoms with Crippen molar-refractivity contribution in [3.8, 4) is 0 Å². The Morgan fingerprint density at radius 2 is 1.85 bits per heavy atom. The van der Waals surface area contributed by atoms with E-state index in [1.165, 1.54) is 5.56 Å². The van der Waals surface area contributed by atoms with Gasteiger partial charge in [0.05, 0.1) is 12.7 Å². The van der Waals surface area contributed by atoms with Gasteiger partial charge in [0.2, 0.25) is 0 Å². The summed E-state index contributed by atoms with van der Waals surface area (Å²) >= 11 is 0. The molecule has 1 aromatic rings. The zero-order valence-corrected chi connectivity index (χ0v) is 20.4. The standard InChI is InChI=1S/C26H41N3O4.H2/c1-4-27-26(31)29-16-8-9-21(17-29)18-32-19(2)25(30)28-20(3)33-24-14-12-23(13-15-24)22-10-6-5-7-11-22;/h5-7,10-11,19-21,23-24H,4,8-9,12-18H2,1-3H3,(H,27,31)(H,28,30);1H. The van der Waals surface area contributed by atoms with Crippen molar-refractivity contribution in [1.29, 1.82) is 0 Å². The Labute approximate surface area is 200 Å². The van der Waals surface area contributed by atoms with Crippen molar-refractivity contribution in [1.82, 2.24) is 15.5 Å². The van der Waals surface area contributed by atoms with E-state index in [1.54, 1.807) is 6.92 Å². The quantitative estimate of drug-likeness (QED) is 0.538. The Hall–Kier alpha value is -2.12. The zero-order chi connectivity index (χ0) is 23.6. The van der Waals surface area contributed by atoms with Crippen LogP contribution >= 0.6 is 0 Å². The van der Waals surface area contributed by atoms with Crippen LogP contribution in [0.5, 0.6) is 0 Å². The molecule has 2 aliphatic rings. The predicted octanol–water partition coefficient (Wildman–Crippen LogP) is 4.28. The van der Waals surface area contributed by atoms with Crippen LogP contribution in [0.15, 0.2) is 30.3 Å². The van der Waals surface area contributed by atoms with Crippen LogP contribution in [0.25, 0.3) is 0 Å².